The van der Waals surface area contributed by atoms with Crippen LogP contribution < -0.4 is 4.74 Å². The third-order valence-electron chi connectivity index (χ3n) is 6.09. The monoisotopic (exact) mass is 482 g/mol. The maximum absolute atomic E-state index is 11.9. The van der Waals surface area contributed by atoms with Gasteiger partial charge in [-0.2, -0.15) is 8.42 Å². The minimum absolute atomic E-state index is 0.217. The molecule has 0 atom stereocenters. The molecular weight excluding hydrogens is 436 g/mol. The molecule has 1 aromatic carbocycles. The molecule has 0 saturated carbocycles. The van der Waals surface area contributed by atoms with Crippen LogP contribution in [0.25, 0.3) is 0 Å². The Morgan fingerprint density at radius 2 is 1.03 bits per heavy atom. The first-order chi connectivity index (χ1) is 15.9. The van der Waals surface area contributed by atoms with Gasteiger partial charge in [-0.1, -0.05) is 116 Å². The first-order valence-electron chi connectivity index (χ1n) is 13.2. The van der Waals surface area contributed by atoms with Crippen molar-refractivity contribution in [3.63, 3.8) is 0 Å². The number of carbonyl (C=O) groups excluding carboxylic acids is 1. The fourth-order valence-electron chi connectivity index (χ4n) is 4.03. The summed E-state index contributed by atoms with van der Waals surface area (Å²) in [6.07, 6.45) is 23.9. The van der Waals surface area contributed by atoms with Crippen LogP contribution in [-0.4, -0.2) is 18.9 Å². The van der Waals surface area contributed by atoms with Crippen molar-refractivity contribution in [1.29, 1.82) is 0 Å². The van der Waals surface area contributed by atoms with E-state index < -0.39 is 10.1 Å². The number of unbranched alkanes of at least 4 members (excludes halogenated alkanes) is 17. The molecule has 5 nitrogen and oxygen atoms in total. The van der Waals surface area contributed by atoms with Crippen molar-refractivity contribution in [2.75, 3.05) is 0 Å². The molecule has 0 spiro atoms. The molecule has 0 unspecified atom stereocenters. The van der Waals surface area contributed by atoms with Gasteiger partial charge in [0.15, 0.2) is 0 Å². The van der Waals surface area contributed by atoms with Crippen molar-refractivity contribution in [2.45, 2.75) is 134 Å². The summed E-state index contributed by atoms with van der Waals surface area (Å²) in [6, 6.07) is 5.18. The summed E-state index contributed by atoms with van der Waals surface area (Å²) in [4.78, 5) is 11.7. The van der Waals surface area contributed by atoms with E-state index in [1.807, 2.05) is 0 Å². The van der Waals surface area contributed by atoms with Crippen LogP contribution in [0.2, 0.25) is 0 Å². The third kappa shape index (κ3) is 16.8. The van der Waals surface area contributed by atoms with Gasteiger partial charge in [0.05, 0.1) is 4.90 Å². The molecule has 1 N–H and O–H groups in total. The van der Waals surface area contributed by atoms with E-state index in [1.165, 1.54) is 121 Å². The fourth-order valence-corrected chi connectivity index (χ4v) is 4.51. The van der Waals surface area contributed by atoms with Gasteiger partial charge in [-0.15, -0.1) is 0 Å². The SMILES string of the molecule is CCCCCCCCCCCCCCCCCCCCC(=O)Oc1ccc(S(=O)(=O)O)cc1. The lowest BCUT2D eigenvalue weighted by atomic mass is 10.0. The Balaban J connectivity index is 1.86. The molecule has 33 heavy (non-hydrogen) atoms. The molecule has 0 bridgehead atoms. The number of hydrogen-bond acceptors (Lipinski definition) is 4. The Labute approximate surface area is 202 Å². The molecule has 0 aromatic heterocycles. The van der Waals surface area contributed by atoms with Crippen LogP contribution in [-0.2, 0) is 14.9 Å². The molecule has 0 aliphatic heterocycles. The standard InChI is InChI=1S/C27H46O5S/c1-2-3-4-5-6-7-8-9-10-11-12-13-14-15-16-17-18-19-20-27(28)32-25-21-23-26(24-22-25)33(29,30)31/h21-24H,2-20H2,1H3,(H,29,30,31). The average Bonchev–Trinajstić information content (AvgIpc) is 2.78. The number of rotatable bonds is 21. The van der Waals surface area contributed by atoms with Crippen molar-refractivity contribution in [1.82, 2.24) is 0 Å². The predicted octanol–water partition coefficient (Wildman–Crippen LogP) is 8.27. The highest BCUT2D eigenvalue weighted by Gasteiger charge is 2.10. The van der Waals surface area contributed by atoms with Gasteiger partial charge in [0.1, 0.15) is 5.75 Å². The molecule has 0 saturated heterocycles. The lowest BCUT2D eigenvalue weighted by Gasteiger charge is -2.05. The van der Waals surface area contributed by atoms with Crippen molar-refractivity contribution in [3.05, 3.63) is 24.3 Å². The first-order valence-corrected chi connectivity index (χ1v) is 14.7. The van der Waals surface area contributed by atoms with Crippen molar-refractivity contribution in [3.8, 4) is 5.75 Å². The topological polar surface area (TPSA) is 80.7 Å². The Bertz CT molecular complexity index is 713. The minimum atomic E-state index is -4.23. The summed E-state index contributed by atoms with van der Waals surface area (Å²) < 4.78 is 36.2. The van der Waals surface area contributed by atoms with Crippen LogP contribution >= 0.6 is 0 Å². The number of esters is 1. The Hall–Kier alpha value is -1.40. The van der Waals surface area contributed by atoms with Gasteiger partial charge in [-0.05, 0) is 30.7 Å². The molecule has 1 rings (SSSR count). The number of hydrogen-bond donors (Lipinski definition) is 1. The highest BCUT2D eigenvalue weighted by atomic mass is 32.2. The molecule has 0 aliphatic carbocycles. The summed E-state index contributed by atoms with van der Waals surface area (Å²) in [5.41, 5.74) is 0. The zero-order valence-corrected chi connectivity index (χ0v) is 21.5. The van der Waals surface area contributed by atoms with Crippen LogP contribution in [0.4, 0.5) is 0 Å². The maximum Gasteiger partial charge on any atom is 0.311 e. The Morgan fingerprint density at radius 3 is 1.39 bits per heavy atom. The summed E-state index contributed by atoms with van der Waals surface area (Å²) in [7, 11) is -4.23. The quantitative estimate of drug-likeness (QED) is 0.0825. The van der Waals surface area contributed by atoms with Crippen molar-refractivity contribution >= 4 is 16.1 Å². The average molecular weight is 483 g/mol. The molecule has 0 fully saturated rings. The summed E-state index contributed by atoms with van der Waals surface area (Å²) in [5, 5.41) is 0. The second kappa shape index (κ2) is 19.0. The van der Waals surface area contributed by atoms with E-state index in [9.17, 15) is 13.2 Å². The zero-order valence-electron chi connectivity index (χ0n) is 20.7. The number of carbonyl (C=O) groups is 1. The second-order valence-electron chi connectivity index (χ2n) is 9.18. The second-order valence-corrected chi connectivity index (χ2v) is 10.6. The first kappa shape index (κ1) is 29.6. The van der Waals surface area contributed by atoms with E-state index in [0.29, 0.717) is 6.42 Å². The molecule has 0 amide bonds. The summed E-state index contributed by atoms with van der Waals surface area (Å²) in [5.74, 6) is -0.0269. The molecule has 0 radical (unpaired) electrons. The molecule has 0 aliphatic rings. The lowest BCUT2D eigenvalue weighted by molar-refractivity contribution is -0.134. The molecule has 0 heterocycles. The summed E-state index contributed by atoms with van der Waals surface area (Å²) in [6.45, 7) is 2.27. The van der Waals surface area contributed by atoms with Crippen LogP contribution in [0, 0.1) is 0 Å². The smallest absolute Gasteiger partial charge is 0.311 e. The highest BCUT2D eigenvalue weighted by molar-refractivity contribution is 7.85. The highest BCUT2D eigenvalue weighted by Crippen LogP contribution is 2.17. The van der Waals surface area contributed by atoms with Gasteiger partial charge >= 0.3 is 5.97 Å². The van der Waals surface area contributed by atoms with Crippen molar-refractivity contribution in [2.24, 2.45) is 0 Å². The third-order valence-corrected chi connectivity index (χ3v) is 6.96. The Kier molecular flexibility index (Phi) is 17.0. The fraction of sp³-hybridized carbons (Fsp3) is 0.741. The molecule has 1 aromatic rings. The van der Waals surface area contributed by atoms with E-state index in [2.05, 4.69) is 6.92 Å². The van der Waals surface area contributed by atoms with Crippen LogP contribution in [0.15, 0.2) is 29.2 Å². The molecule has 190 valence electrons. The van der Waals surface area contributed by atoms with E-state index in [-0.39, 0.29) is 16.6 Å². The van der Waals surface area contributed by atoms with Gasteiger partial charge in [-0.3, -0.25) is 9.35 Å². The number of benzene rings is 1. The van der Waals surface area contributed by atoms with Crippen LogP contribution in [0.3, 0.4) is 0 Å². The molecular formula is C27H46O5S. The van der Waals surface area contributed by atoms with Gasteiger partial charge < -0.3 is 4.74 Å². The van der Waals surface area contributed by atoms with Gasteiger partial charge in [0, 0.05) is 6.42 Å². The number of ether oxygens (including phenoxy) is 1. The predicted molar refractivity (Wildman–Crippen MR) is 135 cm³/mol. The van der Waals surface area contributed by atoms with Gasteiger partial charge in [0.2, 0.25) is 0 Å². The molecule has 6 heteroatoms. The van der Waals surface area contributed by atoms with Crippen LogP contribution in [0.1, 0.15) is 129 Å². The maximum atomic E-state index is 11.9. The Morgan fingerprint density at radius 1 is 0.667 bits per heavy atom. The van der Waals surface area contributed by atoms with Gasteiger partial charge in [0.25, 0.3) is 10.1 Å². The van der Waals surface area contributed by atoms with E-state index >= 15 is 0 Å². The van der Waals surface area contributed by atoms with E-state index in [4.69, 9.17) is 9.29 Å². The van der Waals surface area contributed by atoms with Gasteiger partial charge in [-0.25, -0.2) is 0 Å². The van der Waals surface area contributed by atoms with E-state index in [0.717, 1.165) is 19.3 Å². The normalized spacial score (nSPS) is 11.6. The van der Waals surface area contributed by atoms with Crippen LogP contribution in [0.5, 0.6) is 5.75 Å². The zero-order chi connectivity index (χ0) is 24.2. The lowest BCUT2D eigenvalue weighted by Crippen LogP contribution is -2.07. The minimum Gasteiger partial charge on any atom is -0.427 e. The van der Waals surface area contributed by atoms with E-state index in [1.54, 1.807) is 0 Å². The largest absolute Gasteiger partial charge is 0.427 e. The van der Waals surface area contributed by atoms with Crippen molar-refractivity contribution < 1.29 is 22.5 Å². The summed E-state index contributed by atoms with van der Waals surface area (Å²) >= 11 is 0.